The van der Waals surface area contributed by atoms with Gasteiger partial charge in [-0.25, -0.2) is 4.98 Å². The summed E-state index contributed by atoms with van der Waals surface area (Å²) in [5.74, 6) is 5.98. The summed E-state index contributed by atoms with van der Waals surface area (Å²) in [5.41, 5.74) is 7.05. The van der Waals surface area contributed by atoms with Crippen LogP contribution in [-0.4, -0.2) is 109 Å². The SMILES string of the molecule is Cc1ncsc1-c1ccc(CNC(=O)[C@@H]2CC(C)CN2C(=O)[C@@H](NC(=O)c2ccc(C(=O)N3CCC(C#Cc4ccc(C5CCN(C6=Nn7c(nnc7C(F)(F)F)CC6)CC5)cc4)CC3)cc2)C(C)(C)C)cc1. The van der Waals surface area contributed by atoms with Crippen LogP contribution < -0.4 is 10.6 Å². The summed E-state index contributed by atoms with van der Waals surface area (Å²) < 4.78 is 41.1. The zero-order valence-electron chi connectivity index (χ0n) is 41.8. The molecule has 0 spiro atoms. The molecule has 73 heavy (non-hydrogen) atoms. The highest BCUT2D eigenvalue weighted by Crippen LogP contribution is 2.34. The predicted molar refractivity (Wildman–Crippen MR) is 272 cm³/mol. The van der Waals surface area contributed by atoms with Crippen LogP contribution in [0.25, 0.3) is 10.4 Å². The fourth-order valence-corrected chi connectivity index (χ4v) is 11.1. The van der Waals surface area contributed by atoms with Crippen LogP contribution in [0.15, 0.2) is 83.4 Å². The maximum absolute atomic E-state index is 14.3. The van der Waals surface area contributed by atoms with E-state index >= 15 is 0 Å². The molecule has 1 unspecified atom stereocenters. The van der Waals surface area contributed by atoms with Gasteiger partial charge in [-0.05, 0) is 109 Å². The number of benzene rings is 3. The van der Waals surface area contributed by atoms with Crippen molar-refractivity contribution in [2.75, 3.05) is 32.7 Å². The maximum Gasteiger partial charge on any atom is 0.453 e. The zero-order chi connectivity index (χ0) is 51.6. The number of nitrogens with zero attached hydrogens (tertiary/aromatic N) is 8. The second kappa shape index (κ2) is 21.3. The number of rotatable bonds is 9. The summed E-state index contributed by atoms with van der Waals surface area (Å²) in [6.45, 7) is 12.9. The molecule has 4 amide bonds. The molecule has 0 radical (unpaired) electrons. The highest BCUT2D eigenvalue weighted by Gasteiger charge is 2.44. The number of piperidine rings is 2. The third-order valence-electron chi connectivity index (χ3n) is 14.5. The van der Waals surface area contributed by atoms with Crippen LogP contribution in [0, 0.1) is 36.0 Å². The van der Waals surface area contributed by atoms with Crippen molar-refractivity contribution < 1.29 is 32.3 Å². The van der Waals surface area contributed by atoms with Gasteiger partial charge in [-0.3, -0.25) is 19.2 Å². The molecule has 6 heterocycles. The number of hydrogen-bond donors (Lipinski definition) is 2. The van der Waals surface area contributed by atoms with Crippen molar-refractivity contribution in [1.82, 2.24) is 45.2 Å². The number of aromatic nitrogens is 4. The highest BCUT2D eigenvalue weighted by molar-refractivity contribution is 7.13. The number of amidine groups is 1. The molecule has 3 atom stereocenters. The number of fused-ring (bicyclic) bond motifs is 1. The third-order valence-corrected chi connectivity index (χ3v) is 15.5. The van der Waals surface area contributed by atoms with Crippen LogP contribution in [0.3, 0.4) is 0 Å². The Balaban J connectivity index is 0.732. The van der Waals surface area contributed by atoms with Crippen LogP contribution in [0.4, 0.5) is 13.2 Å². The lowest BCUT2D eigenvalue weighted by Crippen LogP contribution is -2.57. The van der Waals surface area contributed by atoms with Gasteiger partial charge in [0.2, 0.25) is 11.8 Å². The summed E-state index contributed by atoms with van der Waals surface area (Å²) in [6, 6.07) is 21.2. The summed E-state index contributed by atoms with van der Waals surface area (Å²) in [7, 11) is 0. The van der Waals surface area contributed by atoms with Crippen LogP contribution in [-0.2, 0) is 28.7 Å². The second-order valence-electron chi connectivity index (χ2n) is 20.9. The molecular formula is C55H61F3N10O4S. The molecular weight excluding hydrogens is 954 g/mol. The van der Waals surface area contributed by atoms with E-state index < -0.39 is 35.4 Å². The lowest BCUT2D eigenvalue weighted by molar-refractivity contribution is -0.147. The van der Waals surface area contributed by atoms with Gasteiger partial charge < -0.3 is 25.3 Å². The molecule has 2 N–H and O–H groups in total. The lowest BCUT2D eigenvalue weighted by Gasteiger charge is -2.35. The van der Waals surface area contributed by atoms with Crippen LogP contribution in [0.1, 0.15) is 127 Å². The van der Waals surface area contributed by atoms with Gasteiger partial charge >= 0.3 is 6.18 Å². The van der Waals surface area contributed by atoms with E-state index in [4.69, 9.17) is 0 Å². The van der Waals surface area contributed by atoms with Gasteiger partial charge in [0.15, 0.2) is 5.82 Å². The van der Waals surface area contributed by atoms with E-state index in [-0.39, 0.29) is 35.4 Å². The monoisotopic (exact) mass is 1010 g/mol. The van der Waals surface area contributed by atoms with Crippen molar-refractivity contribution in [3.8, 4) is 22.3 Å². The first kappa shape index (κ1) is 51.0. The molecule has 4 aliphatic heterocycles. The first-order valence-corrected chi connectivity index (χ1v) is 26.0. The number of likely N-dealkylation sites (tertiary alicyclic amines) is 3. The van der Waals surface area contributed by atoms with Gasteiger partial charge in [0.25, 0.3) is 17.6 Å². The van der Waals surface area contributed by atoms with Crippen molar-refractivity contribution in [2.45, 2.75) is 110 Å². The number of aryl methyl sites for hydroxylation is 2. The Morgan fingerprint density at radius 3 is 2.18 bits per heavy atom. The average molecular weight is 1020 g/mol. The smallest absolute Gasteiger partial charge is 0.359 e. The minimum Gasteiger partial charge on any atom is -0.359 e. The van der Waals surface area contributed by atoms with Gasteiger partial charge in [0, 0.05) is 74.7 Å². The number of nitrogens with one attached hydrogen (secondary N) is 2. The summed E-state index contributed by atoms with van der Waals surface area (Å²) in [5, 5.41) is 17.3. The molecule has 2 aromatic heterocycles. The van der Waals surface area contributed by atoms with E-state index in [9.17, 15) is 32.3 Å². The van der Waals surface area contributed by atoms with Gasteiger partial charge in [0.05, 0.1) is 16.1 Å². The Morgan fingerprint density at radius 1 is 0.849 bits per heavy atom. The molecule has 382 valence electrons. The Bertz CT molecular complexity index is 2920. The Labute approximate surface area is 427 Å². The molecule has 4 aliphatic rings. The van der Waals surface area contributed by atoms with Crippen LogP contribution >= 0.6 is 11.3 Å². The normalized spacial score (nSPS) is 19.1. The summed E-state index contributed by atoms with van der Waals surface area (Å²) in [4.78, 5) is 66.3. The zero-order valence-corrected chi connectivity index (χ0v) is 42.7. The number of carbonyl (C=O) groups is 4. The standard InChI is InChI=1S/C55H61F3N10O4S/c1-34-30-44(50(70)59-31-38-10-14-41(15-11-38)47-35(2)60-33-73-47)67(32-34)52(72)48(54(3,4)5)61-49(69)42-16-18-43(19-17-42)51(71)66-26-22-37(23-27-66)7-6-36-8-12-39(13-9-36)40-24-28-65(29-25-40)46-21-20-45-62-63-53(55(56,57)58)68(45)64-46/h8-19,33-34,37,40,44,48H,20-32H2,1-5H3,(H,59,70)(H,61,69)/t34?,44-,48+/m0/s1. The number of halogens is 3. The summed E-state index contributed by atoms with van der Waals surface area (Å²) in [6.07, 6.45) is -0.0146. The molecule has 5 aromatic rings. The first-order valence-electron chi connectivity index (χ1n) is 25.1. The number of thiazole rings is 1. The molecule has 0 bridgehead atoms. The van der Waals surface area contributed by atoms with E-state index in [1.807, 2.05) is 81.4 Å². The third kappa shape index (κ3) is 11.7. The number of hydrogen-bond acceptors (Lipinski definition) is 10. The van der Waals surface area contributed by atoms with E-state index in [0.717, 1.165) is 57.6 Å². The first-order chi connectivity index (χ1) is 34.9. The number of alkyl halides is 3. The molecule has 18 heteroatoms. The van der Waals surface area contributed by atoms with Gasteiger partial charge in [-0.15, -0.1) is 21.5 Å². The molecule has 14 nitrogen and oxygen atoms in total. The average Bonchev–Trinajstić information content (AvgIpc) is 4.14. The Kier molecular flexibility index (Phi) is 14.9. The Hall–Kier alpha value is -6.87. The van der Waals surface area contributed by atoms with Crippen LogP contribution in [0.2, 0.25) is 0 Å². The molecule has 3 aromatic carbocycles. The summed E-state index contributed by atoms with van der Waals surface area (Å²) >= 11 is 1.59. The minimum absolute atomic E-state index is 0.0971. The van der Waals surface area contributed by atoms with Gasteiger partial charge in [-0.1, -0.05) is 75.9 Å². The lowest BCUT2D eigenvalue weighted by atomic mass is 9.85. The van der Waals surface area contributed by atoms with Crippen molar-refractivity contribution in [3.63, 3.8) is 0 Å². The minimum atomic E-state index is -4.62. The second-order valence-corrected chi connectivity index (χ2v) is 21.7. The van der Waals surface area contributed by atoms with Crippen molar-refractivity contribution in [1.29, 1.82) is 0 Å². The van der Waals surface area contributed by atoms with Crippen molar-refractivity contribution >= 4 is 40.8 Å². The Morgan fingerprint density at radius 2 is 1.53 bits per heavy atom. The number of carbonyl (C=O) groups excluding carboxylic acids is 4. The largest absolute Gasteiger partial charge is 0.453 e. The van der Waals surface area contributed by atoms with E-state index in [1.54, 1.807) is 40.5 Å². The fraction of sp³-hybridized carbons (Fsp3) is 0.455. The van der Waals surface area contributed by atoms with E-state index in [1.165, 1.54) is 5.56 Å². The molecule has 3 fully saturated rings. The van der Waals surface area contributed by atoms with Gasteiger partial charge in [-0.2, -0.15) is 22.9 Å². The molecule has 3 saturated heterocycles. The van der Waals surface area contributed by atoms with Gasteiger partial charge in [0.1, 0.15) is 17.9 Å². The highest BCUT2D eigenvalue weighted by atomic mass is 32.1. The van der Waals surface area contributed by atoms with E-state index in [0.29, 0.717) is 81.4 Å². The molecule has 0 aliphatic carbocycles. The van der Waals surface area contributed by atoms with Crippen molar-refractivity contribution in [2.24, 2.45) is 22.4 Å². The maximum atomic E-state index is 14.3. The number of amides is 4. The topological polar surface area (TPSA) is 158 Å². The van der Waals surface area contributed by atoms with E-state index in [2.05, 4.69) is 59.8 Å². The van der Waals surface area contributed by atoms with Crippen molar-refractivity contribution in [3.05, 3.63) is 123 Å². The molecule has 0 saturated carbocycles. The van der Waals surface area contributed by atoms with Crippen LogP contribution in [0.5, 0.6) is 0 Å². The fourth-order valence-electron chi connectivity index (χ4n) is 10.3. The molecule has 9 rings (SSSR count). The predicted octanol–water partition coefficient (Wildman–Crippen LogP) is 8.32. The quantitative estimate of drug-likeness (QED) is 0.140.